The highest BCUT2D eigenvalue weighted by Gasteiger charge is 2.35. The number of rotatable bonds is 23. The van der Waals surface area contributed by atoms with Gasteiger partial charge in [0.05, 0.1) is 18.5 Å². The summed E-state index contributed by atoms with van der Waals surface area (Å²) in [6.45, 7) is 13.1. The molecule has 4 amide bonds. The smallest absolute Gasteiger partial charge is 0.303 e. The fraction of sp³-hybridized carbons (Fsp3) is 0.548. The van der Waals surface area contributed by atoms with Crippen LogP contribution in [0, 0.1) is 23.7 Å². The van der Waals surface area contributed by atoms with Gasteiger partial charge in [-0.15, -0.1) is 0 Å². The van der Waals surface area contributed by atoms with Gasteiger partial charge in [-0.2, -0.15) is 0 Å². The van der Waals surface area contributed by atoms with E-state index in [2.05, 4.69) is 36.2 Å². The van der Waals surface area contributed by atoms with Crippen molar-refractivity contribution in [2.75, 3.05) is 6.54 Å². The number of aliphatic hydroxyl groups is 1. The van der Waals surface area contributed by atoms with Crippen molar-refractivity contribution in [1.82, 2.24) is 36.2 Å². The van der Waals surface area contributed by atoms with Crippen LogP contribution in [-0.4, -0.2) is 86.5 Å². The van der Waals surface area contributed by atoms with Gasteiger partial charge in [-0.05, 0) is 48.3 Å². The molecule has 0 fully saturated rings. The molecule has 2 aromatic heterocycles. The molecule has 0 unspecified atom stereocenters. The van der Waals surface area contributed by atoms with Gasteiger partial charge in [0.25, 0.3) is 5.91 Å². The molecule has 0 aliphatic rings. The molecule has 6 N–H and O–H groups in total. The maximum atomic E-state index is 14.1. The molecule has 2 heterocycles. The molecule has 56 heavy (non-hydrogen) atoms. The average molecular weight is 776 g/mol. The van der Waals surface area contributed by atoms with Crippen LogP contribution in [-0.2, 0) is 48.0 Å². The molecule has 0 radical (unpaired) electrons. The number of ether oxygens (including phenoxy) is 1. The van der Waals surface area contributed by atoms with E-state index < -0.39 is 54.0 Å². The number of aromatic nitrogens is 3. The van der Waals surface area contributed by atoms with Crippen molar-refractivity contribution < 1.29 is 33.8 Å². The molecule has 306 valence electrons. The Labute approximate surface area is 330 Å². The largest absolute Gasteiger partial charge is 0.452 e. The number of aromatic amines is 1. The molecule has 0 aliphatic heterocycles. The van der Waals surface area contributed by atoms with Crippen LogP contribution in [0.2, 0.25) is 0 Å². The number of amides is 4. The number of hydrogen-bond acceptors (Lipinski definition) is 9. The number of nitrogens with zero attached hydrogens (tertiary/aromatic N) is 2. The Balaban J connectivity index is 1.76. The quantitative estimate of drug-likeness (QED) is 0.0780. The molecular weight excluding hydrogens is 715 g/mol. The lowest BCUT2D eigenvalue weighted by Crippen LogP contribution is -2.56. The zero-order valence-electron chi connectivity index (χ0n) is 33.8. The lowest BCUT2D eigenvalue weighted by molar-refractivity contribution is -0.154. The van der Waals surface area contributed by atoms with Gasteiger partial charge in [0.2, 0.25) is 17.7 Å². The minimum atomic E-state index is -1.20. The van der Waals surface area contributed by atoms with E-state index in [1.54, 1.807) is 12.4 Å². The summed E-state index contributed by atoms with van der Waals surface area (Å²) in [5.74, 6) is -3.52. The highest BCUT2D eigenvalue weighted by Crippen LogP contribution is 2.23. The lowest BCUT2D eigenvalue weighted by atomic mass is 9.85. The maximum Gasteiger partial charge on any atom is 0.303 e. The van der Waals surface area contributed by atoms with Gasteiger partial charge in [-0.3, -0.25) is 29.0 Å². The Hall–Kier alpha value is -5.11. The summed E-state index contributed by atoms with van der Waals surface area (Å²) in [6, 6.07) is 12.0. The second kappa shape index (κ2) is 23.1. The minimum Gasteiger partial charge on any atom is -0.452 e. The first-order chi connectivity index (χ1) is 26.7. The molecule has 14 heteroatoms. The summed E-state index contributed by atoms with van der Waals surface area (Å²) in [4.78, 5) is 78.2. The molecular formula is C42H61N7O7. The molecule has 7 atom stereocenters. The Morgan fingerprint density at radius 2 is 1.55 bits per heavy atom. The number of pyridine rings is 1. The predicted octanol–water partition coefficient (Wildman–Crippen LogP) is 3.45. The summed E-state index contributed by atoms with van der Waals surface area (Å²) in [5.41, 5.74) is 2.19. The molecule has 14 nitrogen and oxygen atoms in total. The first kappa shape index (κ1) is 45.3. The number of nitrogens with one attached hydrogen (secondary N) is 5. The van der Waals surface area contributed by atoms with E-state index in [0.717, 1.165) is 11.3 Å². The van der Waals surface area contributed by atoms with Crippen molar-refractivity contribution in [3.63, 3.8) is 0 Å². The van der Waals surface area contributed by atoms with E-state index in [4.69, 9.17) is 4.74 Å². The van der Waals surface area contributed by atoms with Crippen LogP contribution >= 0.6 is 0 Å². The number of carbonyl (C=O) groups excluding carboxylic acids is 5. The Morgan fingerprint density at radius 1 is 0.839 bits per heavy atom. The third-order valence-corrected chi connectivity index (χ3v) is 9.83. The van der Waals surface area contributed by atoms with Gasteiger partial charge in [0.15, 0.2) is 6.10 Å². The van der Waals surface area contributed by atoms with Crippen LogP contribution in [0.1, 0.15) is 84.7 Å². The Bertz CT molecular complexity index is 1650. The van der Waals surface area contributed by atoms with E-state index in [-0.39, 0.29) is 48.8 Å². The van der Waals surface area contributed by atoms with Gasteiger partial charge in [0, 0.05) is 62.4 Å². The van der Waals surface area contributed by atoms with Crippen molar-refractivity contribution in [3.8, 4) is 0 Å². The van der Waals surface area contributed by atoms with E-state index in [9.17, 15) is 29.1 Å². The summed E-state index contributed by atoms with van der Waals surface area (Å²) >= 11 is 0. The molecule has 1 aromatic carbocycles. The zero-order valence-corrected chi connectivity index (χ0v) is 33.8. The van der Waals surface area contributed by atoms with Crippen LogP contribution in [0.3, 0.4) is 0 Å². The zero-order chi connectivity index (χ0) is 41.2. The number of H-pyrrole nitrogens is 1. The molecule has 0 bridgehead atoms. The highest BCUT2D eigenvalue weighted by molar-refractivity contribution is 5.91. The van der Waals surface area contributed by atoms with Crippen molar-refractivity contribution in [2.24, 2.45) is 23.7 Å². The van der Waals surface area contributed by atoms with Crippen molar-refractivity contribution in [1.29, 1.82) is 0 Å². The molecule has 3 rings (SSSR count). The summed E-state index contributed by atoms with van der Waals surface area (Å²) in [6.07, 6.45) is 4.08. The van der Waals surface area contributed by atoms with E-state index in [1.807, 2.05) is 90.1 Å². The predicted molar refractivity (Wildman–Crippen MR) is 213 cm³/mol. The first-order valence-corrected chi connectivity index (χ1v) is 19.6. The molecule has 0 aliphatic carbocycles. The van der Waals surface area contributed by atoms with Gasteiger partial charge in [-0.1, -0.05) is 84.4 Å². The average Bonchev–Trinajstić information content (AvgIpc) is 3.68. The molecule has 0 spiro atoms. The number of benzene rings is 1. The van der Waals surface area contributed by atoms with Crippen LogP contribution < -0.4 is 21.3 Å². The fourth-order valence-electron chi connectivity index (χ4n) is 6.45. The molecule has 0 saturated heterocycles. The minimum absolute atomic E-state index is 0.0128. The SMILES string of the molecule is CC[C@H](C)[C@H](NC(=O)[C@@H](C[C@H](O)[C@H](CC(C)C)NC(=O)[C@H](Cc1cnc[nH]1)NC(=O)[C@H](Cc1ccccc1)OC(C)=O)C(C)C)C(=O)NCCc1ccccn1. The molecule has 0 saturated carbocycles. The van der Waals surface area contributed by atoms with Crippen LogP contribution in [0.5, 0.6) is 0 Å². The lowest BCUT2D eigenvalue weighted by Gasteiger charge is -2.32. The van der Waals surface area contributed by atoms with Crippen molar-refractivity contribution in [2.45, 2.75) is 117 Å². The first-order valence-electron chi connectivity index (χ1n) is 19.6. The van der Waals surface area contributed by atoms with E-state index in [0.29, 0.717) is 31.5 Å². The molecule has 3 aromatic rings. The number of imidazole rings is 1. The standard InChI is InChI=1S/C42H61N7O7/c1-8-28(6)38(42(55)45-19-17-31-16-12-13-18-44-31)49-39(52)33(27(4)5)23-36(51)34(20-26(2)3)47-40(53)35(22-32-24-43-25-46-32)48-41(54)37(56-29(7)50)21-30-14-10-9-11-15-30/h9-16,18,24-28,33-38,51H,8,17,19-23H2,1-7H3,(H,43,46)(H,45,55)(H,47,53)(H,48,54)(H,49,52)/t28-,33-,34-,35-,36-,37-,38-/m0/s1. The summed E-state index contributed by atoms with van der Waals surface area (Å²) in [7, 11) is 0. The maximum absolute atomic E-state index is 14.1. The van der Waals surface area contributed by atoms with Crippen molar-refractivity contribution >= 4 is 29.6 Å². The Kier molecular flexibility index (Phi) is 18.7. The van der Waals surface area contributed by atoms with Gasteiger partial charge >= 0.3 is 5.97 Å². The van der Waals surface area contributed by atoms with Crippen molar-refractivity contribution in [3.05, 3.63) is 84.2 Å². The Morgan fingerprint density at radius 3 is 2.14 bits per heavy atom. The van der Waals surface area contributed by atoms with Gasteiger partial charge in [0.1, 0.15) is 12.1 Å². The number of esters is 1. The topological polar surface area (TPSA) is 204 Å². The number of hydrogen-bond donors (Lipinski definition) is 6. The van der Waals surface area contributed by atoms with Crippen LogP contribution in [0.4, 0.5) is 0 Å². The normalized spacial score (nSPS) is 15.1. The second-order valence-corrected chi connectivity index (χ2v) is 15.3. The third kappa shape index (κ3) is 15.2. The highest BCUT2D eigenvalue weighted by atomic mass is 16.5. The van der Waals surface area contributed by atoms with E-state index in [1.165, 1.54) is 13.3 Å². The van der Waals surface area contributed by atoms with E-state index >= 15 is 0 Å². The van der Waals surface area contributed by atoms with Gasteiger partial charge < -0.3 is 36.1 Å². The number of aliphatic hydroxyl groups excluding tert-OH is 1. The number of carbonyl (C=O) groups is 5. The fourth-order valence-corrected chi connectivity index (χ4v) is 6.45. The van der Waals surface area contributed by atoms with Crippen LogP contribution in [0.25, 0.3) is 0 Å². The monoisotopic (exact) mass is 775 g/mol. The van der Waals surface area contributed by atoms with Crippen LogP contribution in [0.15, 0.2) is 67.3 Å². The third-order valence-electron chi connectivity index (χ3n) is 9.83. The summed E-state index contributed by atoms with van der Waals surface area (Å²) in [5, 5.41) is 23.4. The summed E-state index contributed by atoms with van der Waals surface area (Å²) < 4.78 is 5.39. The van der Waals surface area contributed by atoms with Gasteiger partial charge in [-0.25, -0.2) is 4.98 Å². The second-order valence-electron chi connectivity index (χ2n) is 15.3.